The van der Waals surface area contributed by atoms with Gasteiger partial charge in [0.25, 0.3) is 0 Å². The highest BCUT2D eigenvalue weighted by Crippen LogP contribution is 2.21. The highest BCUT2D eigenvalue weighted by atomic mass is 32.2. The molecular formula is C14H19N3O2S. The lowest BCUT2D eigenvalue weighted by Crippen LogP contribution is -2.41. The Bertz CT molecular complexity index is 584. The summed E-state index contributed by atoms with van der Waals surface area (Å²) in [6.07, 6.45) is 1.63. The molecule has 1 aromatic rings. The topological polar surface area (TPSA) is 73.2 Å². The van der Waals surface area contributed by atoms with Gasteiger partial charge in [-0.05, 0) is 43.7 Å². The van der Waals surface area contributed by atoms with Crippen LogP contribution in [0.5, 0.6) is 0 Å². The summed E-state index contributed by atoms with van der Waals surface area (Å²) in [7, 11) is -3.49. The standard InChI is InChI=1S/C14H19N3O2S/c1-2-9-17(13-7-8-16-11-13)20(18,19)14-5-3-12(10-15)4-6-14/h3-6,13,16H,2,7-9,11H2,1H3. The first-order valence-corrected chi connectivity index (χ1v) is 8.26. The third-order valence-electron chi connectivity index (χ3n) is 3.48. The van der Waals surface area contributed by atoms with E-state index >= 15 is 0 Å². The lowest BCUT2D eigenvalue weighted by Gasteiger charge is -2.27. The average Bonchev–Trinajstić information content (AvgIpc) is 2.98. The maximum Gasteiger partial charge on any atom is 0.243 e. The van der Waals surface area contributed by atoms with Crippen molar-refractivity contribution in [2.45, 2.75) is 30.7 Å². The molecule has 0 bridgehead atoms. The minimum absolute atomic E-state index is 0.0237. The lowest BCUT2D eigenvalue weighted by molar-refractivity contribution is 0.335. The number of benzene rings is 1. The molecule has 108 valence electrons. The molecule has 0 saturated carbocycles. The van der Waals surface area contributed by atoms with Crippen LogP contribution >= 0.6 is 0 Å². The van der Waals surface area contributed by atoms with E-state index < -0.39 is 10.0 Å². The van der Waals surface area contributed by atoms with Crippen molar-refractivity contribution in [2.24, 2.45) is 0 Å². The smallest absolute Gasteiger partial charge is 0.243 e. The van der Waals surface area contributed by atoms with Gasteiger partial charge in [-0.2, -0.15) is 9.57 Å². The zero-order valence-corrected chi connectivity index (χ0v) is 12.4. The molecule has 20 heavy (non-hydrogen) atoms. The number of hydrogen-bond acceptors (Lipinski definition) is 4. The van der Waals surface area contributed by atoms with Gasteiger partial charge in [0, 0.05) is 19.1 Å². The molecule has 1 unspecified atom stereocenters. The molecule has 0 radical (unpaired) electrons. The highest BCUT2D eigenvalue weighted by molar-refractivity contribution is 7.89. The van der Waals surface area contributed by atoms with E-state index in [-0.39, 0.29) is 10.9 Å². The van der Waals surface area contributed by atoms with Gasteiger partial charge in [-0.1, -0.05) is 6.92 Å². The van der Waals surface area contributed by atoms with Crippen molar-refractivity contribution in [1.82, 2.24) is 9.62 Å². The van der Waals surface area contributed by atoms with Crippen molar-refractivity contribution in [3.8, 4) is 6.07 Å². The maximum atomic E-state index is 12.7. The van der Waals surface area contributed by atoms with Crippen LogP contribution < -0.4 is 5.32 Å². The Labute approximate surface area is 120 Å². The summed E-state index contributed by atoms with van der Waals surface area (Å²) < 4.78 is 27.0. The minimum Gasteiger partial charge on any atom is -0.315 e. The van der Waals surface area contributed by atoms with Crippen LogP contribution in [-0.2, 0) is 10.0 Å². The van der Waals surface area contributed by atoms with Gasteiger partial charge in [-0.15, -0.1) is 0 Å². The van der Waals surface area contributed by atoms with Crippen LogP contribution in [0.1, 0.15) is 25.3 Å². The van der Waals surface area contributed by atoms with Crippen molar-refractivity contribution in [2.75, 3.05) is 19.6 Å². The zero-order chi connectivity index (χ0) is 14.6. The summed E-state index contributed by atoms with van der Waals surface area (Å²) in [5, 5.41) is 12.0. The summed E-state index contributed by atoms with van der Waals surface area (Å²) in [5.74, 6) is 0. The normalized spacial score (nSPS) is 19.1. The van der Waals surface area contributed by atoms with Gasteiger partial charge in [0.05, 0.1) is 16.5 Å². The van der Waals surface area contributed by atoms with Crippen LogP contribution in [0.4, 0.5) is 0 Å². The minimum atomic E-state index is -3.49. The zero-order valence-electron chi connectivity index (χ0n) is 11.5. The van der Waals surface area contributed by atoms with E-state index in [0.29, 0.717) is 18.7 Å². The molecule has 0 amide bonds. The molecule has 0 aliphatic carbocycles. The first kappa shape index (κ1) is 15.0. The SMILES string of the molecule is CCCN(C1CCNC1)S(=O)(=O)c1ccc(C#N)cc1. The van der Waals surface area contributed by atoms with Crippen LogP contribution in [0.2, 0.25) is 0 Å². The predicted octanol–water partition coefficient (Wildman–Crippen LogP) is 1.32. The summed E-state index contributed by atoms with van der Waals surface area (Å²) in [4.78, 5) is 0.261. The third-order valence-corrected chi connectivity index (χ3v) is 5.44. The average molecular weight is 293 g/mol. The van der Waals surface area contributed by atoms with E-state index in [4.69, 9.17) is 5.26 Å². The molecule has 5 nitrogen and oxygen atoms in total. The molecule has 1 aromatic carbocycles. The van der Waals surface area contributed by atoms with Crippen LogP contribution in [0, 0.1) is 11.3 Å². The number of sulfonamides is 1. The number of nitrogens with zero attached hydrogens (tertiary/aromatic N) is 2. The molecular weight excluding hydrogens is 274 g/mol. The van der Waals surface area contributed by atoms with Gasteiger partial charge in [-0.3, -0.25) is 0 Å². The highest BCUT2D eigenvalue weighted by Gasteiger charge is 2.32. The van der Waals surface area contributed by atoms with E-state index in [1.54, 1.807) is 16.4 Å². The molecule has 1 heterocycles. The Morgan fingerprint density at radius 3 is 2.60 bits per heavy atom. The molecule has 1 fully saturated rings. The Morgan fingerprint density at radius 2 is 2.10 bits per heavy atom. The van der Waals surface area contributed by atoms with Gasteiger partial charge in [-0.25, -0.2) is 8.42 Å². The van der Waals surface area contributed by atoms with E-state index in [1.165, 1.54) is 12.1 Å². The largest absolute Gasteiger partial charge is 0.315 e. The molecule has 1 atom stereocenters. The van der Waals surface area contributed by atoms with Gasteiger partial charge >= 0.3 is 0 Å². The Hall–Kier alpha value is -1.42. The lowest BCUT2D eigenvalue weighted by atomic mass is 10.2. The van der Waals surface area contributed by atoms with Gasteiger partial charge in [0.15, 0.2) is 0 Å². The summed E-state index contributed by atoms with van der Waals surface area (Å²) in [6, 6.07) is 8.14. The van der Waals surface area contributed by atoms with Gasteiger partial charge in [0.1, 0.15) is 0 Å². The second-order valence-electron chi connectivity index (χ2n) is 4.90. The van der Waals surface area contributed by atoms with Crippen LogP contribution in [0.25, 0.3) is 0 Å². The Balaban J connectivity index is 2.31. The van der Waals surface area contributed by atoms with E-state index in [0.717, 1.165) is 19.4 Å². The fourth-order valence-electron chi connectivity index (χ4n) is 2.44. The van der Waals surface area contributed by atoms with Crippen molar-refractivity contribution in [3.63, 3.8) is 0 Å². The fraction of sp³-hybridized carbons (Fsp3) is 0.500. The summed E-state index contributed by atoms with van der Waals surface area (Å²) >= 11 is 0. The van der Waals surface area contributed by atoms with E-state index in [9.17, 15) is 8.42 Å². The third kappa shape index (κ3) is 3.01. The van der Waals surface area contributed by atoms with Crippen LogP contribution in [-0.4, -0.2) is 38.4 Å². The number of rotatable bonds is 5. The molecule has 0 aromatic heterocycles. The molecule has 1 N–H and O–H groups in total. The van der Waals surface area contributed by atoms with E-state index in [1.807, 2.05) is 13.0 Å². The molecule has 1 aliphatic heterocycles. The molecule has 1 aliphatic rings. The predicted molar refractivity (Wildman–Crippen MR) is 76.6 cm³/mol. The quantitative estimate of drug-likeness (QED) is 0.888. The fourth-order valence-corrected chi connectivity index (χ4v) is 4.19. The molecule has 2 rings (SSSR count). The number of nitriles is 1. The number of hydrogen-bond donors (Lipinski definition) is 1. The van der Waals surface area contributed by atoms with E-state index in [2.05, 4.69) is 5.32 Å². The number of nitrogens with one attached hydrogen (secondary N) is 1. The van der Waals surface area contributed by atoms with Crippen LogP contribution in [0.3, 0.4) is 0 Å². The molecule has 6 heteroatoms. The van der Waals surface area contributed by atoms with Gasteiger partial charge in [0.2, 0.25) is 10.0 Å². The van der Waals surface area contributed by atoms with Crippen molar-refractivity contribution in [1.29, 1.82) is 5.26 Å². The second-order valence-corrected chi connectivity index (χ2v) is 6.79. The maximum absolute atomic E-state index is 12.7. The van der Waals surface area contributed by atoms with Crippen LogP contribution in [0.15, 0.2) is 29.2 Å². The Kier molecular flexibility index (Phi) is 4.76. The summed E-state index contributed by atoms with van der Waals surface area (Å²) in [5.41, 5.74) is 0.466. The van der Waals surface area contributed by atoms with Crippen molar-refractivity contribution >= 4 is 10.0 Å². The first-order chi connectivity index (χ1) is 9.59. The molecule has 1 saturated heterocycles. The van der Waals surface area contributed by atoms with Crippen molar-refractivity contribution < 1.29 is 8.42 Å². The second kappa shape index (κ2) is 6.35. The van der Waals surface area contributed by atoms with Crippen molar-refractivity contribution in [3.05, 3.63) is 29.8 Å². The monoisotopic (exact) mass is 293 g/mol. The summed E-state index contributed by atoms with van der Waals surface area (Å²) in [6.45, 7) is 4.06. The molecule has 0 spiro atoms. The van der Waals surface area contributed by atoms with Gasteiger partial charge < -0.3 is 5.32 Å². The Morgan fingerprint density at radius 1 is 1.40 bits per heavy atom. The first-order valence-electron chi connectivity index (χ1n) is 6.82.